The zero-order valence-electron chi connectivity index (χ0n) is 15.2. The van der Waals surface area contributed by atoms with Crippen LogP contribution in [0, 0.1) is 10.1 Å². The summed E-state index contributed by atoms with van der Waals surface area (Å²) in [5.74, 6) is -1.66. The quantitative estimate of drug-likeness (QED) is 0.382. The number of pyridine rings is 1. The van der Waals surface area contributed by atoms with E-state index in [2.05, 4.69) is 4.98 Å². The molecule has 0 aliphatic carbocycles. The first-order valence-electron chi connectivity index (χ1n) is 8.40. The molecule has 1 aliphatic rings. The average Bonchev–Trinajstić information content (AvgIpc) is 2.60. The van der Waals surface area contributed by atoms with Crippen molar-refractivity contribution in [2.24, 2.45) is 0 Å². The number of anilines is 1. The van der Waals surface area contributed by atoms with Crippen LogP contribution in [0.1, 0.15) is 17.3 Å². The maximum Gasteiger partial charge on any atom is 0.345 e. The number of carbonyl (C=O) groups is 2. The number of ether oxygens (including phenoxy) is 2. The first-order valence-corrected chi connectivity index (χ1v) is 8.40. The van der Waals surface area contributed by atoms with Crippen LogP contribution in [0.5, 0.6) is 0 Å². The van der Waals surface area contributed by atoms with Crippen molar-refractivity contribution in [2.75, 3.05) is 51.3 Å². The van der Waals surface area contributed by atoms with Crippen molar-refractivity contribution in [1.29, 1.82) is 0 Å². The van der Waals surface area contributed by atoms with Gasteiger partial charge in [-0.05, 0) is 20.0 Å². The van der Waals surface area contributed by atoms with E-state index in [0.29, 0.717) is 19.7 Å². The summed E-state index contributed by atoms with van der Waals surface area (Å²) in [6.45, 7) is 2.86. The summed E-state index contributed by atoms with van der Waals surface area (Å²) in [6, 6.07) is 1.26. The first kappa shape index (κ1) is 20.5. The Bertz CT molecular complexity index is 712. The largest absolute Gasteiger partial charge is 0.480 e. The number of aliphatic carboxylic acids is 1. The number of nitro groups is 1. The van der Waals surface area contributed by atoms with E-state index in [1.165, 1.54) is 12.3 Å². The van der Waals surface area contributed by atoms with Crippen molar-refractivity contribution in [2.45, 2.75) is 13.0 Å². The highest BCUT2D eigenvalue weighted by Gasteiger charge is 2.32. The Morgan fingerprint density at radius 3 is 2.93 bits per heavy atom. The van der Waals surface area contributed by atoms with Crippen molar-refractivity contribution in [1.82, 2.24) is 9.88 Å². The third kappa shape index (κ3) is 5.34. The SMILES string of the molecule is CCOC(=O)c1ccnc(N2CCOC(CN(C)CC(=O)O)C2)c1[N+](=O)[O-]. The summed E-state index contributed by atoms with van der Waals surface area (Å²) in [7, 11) is 1.65. The second-order valence-corrected chi connectivity index (χ2v) is 6.04. The molecule has 0 aromatic carbocycles. The fourth-order valence-corrected chi connectivity index (χ4v) is 2.89. The van der Waals surface area contributed by atoms with Crippen LogP contribution < -0.4 is 4.90 Å². The number of morpholine rings is 1. The predicted octanol–water partition coefficient (Wildman–Crippen LogP) is 0.388. The van der Waals surface area contributed by atoms with E-state index < -0.39 is 22.5 Å². The van der Waals surface area contributed by atoms with E-state index in [1.807, 2.05) is 0 Å². The van der Waals surface area contributed by atoms with Crippen LogP contribution in [-0.4, -0.2) is 84.4 Å². The molecule has 2 heterocycles. The molecule has 0 saturated carbocycles. The molecule has 1 saturated heterocycles. The fraction of sp³-hybridized carbons (Fsp3) is 0.562. The van der Waals surface area contributed by atoms with Crippen LogP contribution in [0.3, 0.4) is 0 Å². The minimum Gasteiger partial charge on any atom is -0.480 e. The number of carbonyl (C=O) groups excluding carboxylic acids is 1. The van der Waals surface area contributed by atoms with Crippen molar-refractivity contribution >= 4 is 23.4 Å². The van der Waals surface area contributed by atoms with Gasteiger partial charge in [0.1, 0.15) is 5.56 Å². The standard InChI is InChI=1S/C16H22N4O7/c1-3-26-16(23)12-4-5-17-15(14(12)20(24)25)19-6-7-27-11(9-19)8-18(2)10-13(21)22/h4-5,11H,3,6-10H2,1-2H3,(H,21,22). The lowest BCUT2D eigenvalue weighted by molar-refractivity contribution is -0.384. The summed E-state index contributed by atoms with van der Waals surface area (Å²) in [4.78, 5) is 41.2. The van der Waals surface area contributed by atoms with E-state index in [4.69, 9.17) is 14.6 Å². The lowest BCUT2D eigenvalue weighted by atomic mass is 10.2. The number of rotatable bonds is 8. The molecular formula is C16H22N4O7. The topological polar surface area (TPSA) is 135 Å². The first-order chi connectivity index (χ1) is 12.8. The Hall–Kier alpha value is -2.79. The molecule has 148 valence electrons. The minimum atomic E-state index is -0.954. The molecule has 1 N–H and O–H groups in total. The summed E-state index contributed by atoms with van der Waals surface area (Å²) in [6.07, 6.45) is 0.978. The Morgan fingerprint density at radius 1 is 1.56 bits per heavy atom. The van der Waals surface area contributed by atoms with Crippen LogP contribution in [-0.2, 0) is 14.3 Å². The predicted molar refractivity (Wildman–Crippen MR) is 93.9 cm³/mol. The van der Waals surface area contributed by atoms with Crippen LogP contribution in [0.25, 0.3) is 0 Å². The monoisotopic (exact) mass is 382 g/mol. The molecule has 1 aliphatic heterocycles. The maximum atomic E-state index is 12.1. The molecule has 2 rings (SSSR count). The highest BCUT2D eigenvalue weighted by atomic mass is 16.6. The van der Waals surface area contributed by atoms with E-state index >= 15 is 0 Å². The highest BCUT2D eigenvalue weighted by molar-refractivity contribution is 5.96. The Kier molecular flexibility index (Phi) is 7.02. The molecular weight excluding hydrogens is 360 g/mol. The van der Waals surface area contributed by atoms with Crippen molar-refractivity contribution < 1.29 is 29.1 Å². The van der Waals surface area contributed by atoms with Crippen LogP contribution in [0.4, 0.5) is 11.5 Å². The summed E-state index contributed by atoms with van der Waals surface area (Å²) >= 11 is 0. The number of nitrogens with zero attached hydrogens (tertiary/aromatic N) is 4. The smallest absolute Gasteiger partial charge is 0.345 e. The number of hydrogen-bond acceptors (Lipinski definition) is 9. The molecule has 1 aromatic rings. The van der Waals surface area contributed by atoms with Crippen molar-refractivity contribution in [3.05, 3.63) is 27.9 Å². The number of likely N-dealkylation sites (N-methyl/N-ethyl adjacent to an activating group) is 1. The van der Waals surface area contributed by atoms with E-state index in [-0.39, 0.29) is 37.2 Å². The summed E-state index contributed by atoms with van der Waals surface area (Å²) in [5.41, 5.74) is -0.562. The van der Waals surface area contributed by atoms with Gasteiger partial charge in [-0.1, -0.05) is 0 Å². The van der Waals surface area contributed by atoms with Gasteiger partial charge in [0, 0.05) is 25.8 Å². The minimum absolute atomic E-state index is 0.0692. The maximum absolute atomic E-state index is 12.1. The van der Waals surface area contributed by atoms with Gasteiger partial charge in [-0.25, -0.2) is 9.78 Å². The molecule has 1 fully saturated rings. The van der Waals surface area contributed by atoms with E-state index in [9.17, 15) is 19.7 Å². The lowest BCUT2D eigenvalue weighted by Crippen LogP contribution is -2.48. The van der Waals surface area contributed by atoms with Gasteiger partial charge in [0.2, 0.25) is 5.82 Å². The molecule has 1 aromatic heterocycles. The molecule has 11 heteroatoms. The second-order valence-electron chi connectivity index (χ2n) is 6.04. The molecule has 0 bridgehead atoms. The van der Waals surface area contributed by atoms with Crippen LogP contribution in [0.15, 0.2) is 12.3 Å². The molecule has 11 nitrogen and oxygen atoms in total. The number of carboxylic acid groups (broad SMARTS) is 1. The molecule has 1 unspecified atom stereocenters. The molecule has 0 radical (unpaired) electrons. The van der Waals surface area contributed by atoms with Gasteiger partial charge in [0.15, 0.2) is 0 Å². The summed E-state index contributed by atoms with van der Waals surface area (Å²) < 4.78 is 10.5. The molecule has 0 spiro atoms. The Labute approximate surface area is 155 Å². The number of esters is 1. The normalized spacial score (nSPS) is 17.0. The molecule has 1 atom stereocenters. The third-order valence-corrected chi connectivity index (χ3v) is 3.94. The molecule has 0 amide bonds. The second kappa shape index (κ2) is 9.24. The third-order valence-electron chi connectivity index (χ3n) is 3.94. The Balaban J connectivity index is 2.23. The fourth-order valence-electron chi connectivity index (χ4n) is 2.89. The number of hydrogen-bond donors (Lipinski definition) is 1. The number of carboxylic acids is 1. The molecule has 27 heavy (non-hydrogen) atoms. The van der Waals surface area contributed by atoms with Crippen molar-refractivity contribution in [3.63, 3.8) is 0 Å². The zero-order chi connectivity index (χ0) is 20.0. The van der Waals surface area contributed by atoms with E-state index in [1.54, 1.807) is 23.8 Å². The average molecular weight is 382 g/mol. The summed E-state index contributed by atoms with van der Waals surface area (Å²) in [5, 5.41) is 20.4. The van der Waals surface area contributed by atoms with Gasteiger partial charge in [-0.2, -0.15) is 0 Å². The van der Waals surface area contributed by atoms with Crippen LogP contribution >= 0.6 is 0 Å². The van der Waals surface area contributed by atoms with Crippen molar-refractivity contribution in [3.8, 4) is 0 Å². The van der Waals surface area contributed by atoms with Gasteiger partial charge >= 0.3 is 17.6 Å². The Morgan fingerprint density at radius 2 is 2.30 bits per heavy atom. The van der Waals surface area contributed by atoms with Gasteiger partial charge in [-0.15, -0.1) is 0 Å². The van der Waals surface area contributed by atoms with Gasteiger partial charge in [-0.3, -0.25) is 19.8 Å². The lowest BCUT2D eigenvalue weighted by Gasteiger charge is -2.35. The number of aromatic nitrogens is 1. The van der Waals surface area contributed by atoms with Gasteiger partial charge < -0.3 is 19.5 Å². The highest BCUT2D eigenvalue weighted by Crippen LogP contribution is 2.31. The van der Waals surface area contributed by atoms with Gasteiger partial charge in [0.05, 0.1) is 30.8 Å². The van der Waals surface area contributed by atoms with Crippen LogP contribution in [0.2, 0.25) is 0 Å². The van der Waals surface area contributed by atoms with E-state index in [0.717, 1.165) is 0 Å². The van der Waals surface area contributed by atoms with Gasteiger partial charge in [0.25, 0.3) is 0 Å². The zero-order valence-corrected chi connectivity index (χ0v) is 15.2.